The molecule has 0 saturated heterocycles. The molecular formula is C22H25N3. The molecule has 3 rings (SSSR count). The molecule has 3 heteroatoms. The second kappa shape index (κ2) is 6.98. The van der Waals surface area contributed by atoms with Gasteiger partial charge in [-0.15, -0.1) is 0 Å². The van der Waals surface area contributed by atoms with Crippen LogP contribution >= 0.6 is 0 Å². The first-order chi connectivity index (χ1) is 12.0. The molecule has 0 heterocycles. The second-order valence-corrected chi connectivity index (χ2v) is 6.59. The van der Waals surface area contributed by atoms with E-state index in [0.717, 1.165) is 40.8 Å². The summed E-state index contributed by atoms with van der Waals surface area (Å²) in [5, 5.41) is 11.3. The van der Waals surface area contributed by atoms with E-state index in [-0.39, 0.29) is 0 Å². The Balaban J connectivity index is 2.21. The van der Waals surface area contributed by atoms with E-state index in [1.807, 2.05) is 39.1 Å². The van der Waals surface area contributed by atoms with E-state index in [2.05, 4.69) is 35.7 Å². The van der Waals surface area contributed by atoms with Gasteiger partial charge in [-0.3, -0.25) is 0 Å². The number of nitrogen functional groups attached to an aromatic ring is 1. The van der Waals surface area contributed by atoms with Crippen molar-refractivity contribution in [1.29, 1.82) is 5.41 Å². The van der Waals surface area contributed by atoms with Gasteiger partial charge in [0.15, 0.2) is 0 Å². The monoisotopic (exact) mass is 331 g/mol. The van der Waals surface area contributed by atoms with Crippen LogP contribution in [0.4, 0.5) is 5.69 Å². The first-order valence-electron chi connectivity index (χ1n) is 8.64. The van der Waals surface area contributed by atoms with Gasteiger partial charge in [0.05, 0.1) is 5.71 Å². The predicted octanol–water partition coefficient (Wildman–Crippen LogP) is 4.69. The summed E-state index contributed by atoms with van der Waals surface area (Å²) in [5.41, 5.74) is 15.4. The van der Waals surface area contributed by atoms with Gasteiger partial charge >= 0.3 is 0 Å². The van der Waals surface area contributed by atoms with E-state index in [1.54, 1.807) is 0 Å². The Labute approximate surface area is 149 Å². The molecule has 0 unspecified atom stereocenters. The van der Waals surface area contributed by atoms with Crippen molar-refractivity contribution in [3.63, 3.8) is 0 Å². The number of hydrogen-bond donors (Lipinski definition) is 3. The normalized spacial score (nSPS) is 19.2. The smallest absolute Gasteiger partial charge is 0.0569 e. The highest BCUT2D eigenvalue weighted by molar-refractivity contribution is 6.09. The van der Waals surface area contributed by atoms with Crippen molar-refractivity contribution in [3.05, 3.63) is 82.1 Å². The number of rotatable bonds is 3. The summed E-state index contributed by atoms with van der Waals surface area (Å²) < 4.78 is 0. The van der Waals surface area contributed by atoms with Crippen molar-refractivity contribution in [2.45, 2.75) is 26.7 Å². The van der Waals surface area contributed by atoms with E-state index >= 15 is 0 Å². The molecule has 128 valence electrons. The number of hydrogen-bond acceptors (Lipinski definition) is 3. The lowest BCUT2D eigenvalue weighted by Crippen LogP contribution is -2.09. The van der Waals surface area contributed by atoms with Crippen LogP contribution in [0.25, 0.3) is 5.57 Å². The zero-order chi connectivity index (χ0) is 18.0. The Bertz CT molecular complexity index is 877. The van der Waals surface area contributed by atoms with Gasteiger partial charge in [0.25, 0.3) is 0 Å². The number of anilines is 1. The third-order valence-corrected chi connectivity index (χ3v) is 4.79. The molecule has 25 heavy (non-hydrogen) atoms. The number of aryl methyl sites for hydroxylation is 1. The molecule has 0 fully saturated rings. The minimum absolute atomic E-state index is 0.570. The number of benzene rings is 1. The maximum atomic E-state index is 7.97. The summed E-state index contributed by atoms with van der Waals surface area (Å²) in [5.74, 6) is 0. The molecule has 1 aromatic carbocycles. The van der Waals surface area contributed by atoms with Crippen molar-refractivity contribution in [2.75, 3.05) is 12.8 Å². The van der Waals surface area contributed by atoms with Crippen molar-refractivity contribution >= 4 is 17.0 Å². The lowest BCUT2D eigenvalue weighted by atomic mass is 9.86. The number of nitrogens with one attached hydrogen (secondary N) is 2. The summed E-state index contributed by atoms with van der Waals surface area (Å²) in [7, 11) is 1.97. The minimum atomic E-state index is 0.570. The van der Waals surface area contributed by atoms with Crippen LogP contribution in [-0.2, 0) is 0 Å². The molecule has 1 aromatic rings. The molecule has 0 bridgehead atoms. The van der Waals surface area contributed by atoms with Crippen LogP contribution in [0.2, 0.25) is 0 Å². The van der Waals surface area contributed by atoms with E-state index < -0.39 is 0 Å². The summed E-state index contributed by atoms with van der Waals surface area (Å²) in [6, 6.07) is 6.21. The standard InChI is InChI=1S/C22H25N3/c1-14-11-17(7-9-20(14)23)22(16-5-4-6-19(13-16)25-3)18-8-10-21(24)15(2)12-18/h5,7-13,23,25H,4,6,24H2,1-3H3. The maximum absolute atomic E-state index is 7.97. The molecule has 4 N–H and O–H groups in total. The summed E-state index contributed by atoms with van der Waals surface area (Å²) >= 11 is 0. The second-order valence-electron chi connectivity index (χ2n) is 6.59. The summed E-state index contributed by atoms with van der Waals surface area (Å²) in [6.07, 6.45) is 12.6. The lowest BCUT2D eigenvalue weighted by Gasteiger charge is -2.20. The van der Waals surface area contributed by atoms with Gasteiger partial charge in [0.1, 0.15) is 0 Å². The Hall–Kier alpha value is -2.81. The lowest BCUT2D eigenvalue weighted by molar-refractivity contribution is 0.837. The Kier molecular flexibility index (Phi) is 4.75. The molecule has 0 atom stereocenters. The number of allylic oxidation sites excluding steroid dienone is 10. The van der Waals surface area contributed by atoms with Crippen LogP contribution in [0.15, 0.2) is 71.0 Å². The van der Waals surface area contributed by atoms with Crippen molar-refractivity contribution in [1.82, 2.24) is 5.32 Å². The SMILES string of the molecule is CNC1=CC(C(=C2C=CC(=N)C(C)=C2)c2ccc(N)c(C)c2)=CCC1. The fraction of sp³-hybridized carbons (Fsp3) is 0.227. The van der Waals surface area contributed by atoms with Gasteiger partial charge in [0.2, 0.25) is 0 Å². The van der Waals surface area contributed by atoms with E-state index in [0.29, 0.717) is 5.71 Å². The Morgan fingerprint density at radius 3 is 2.64 bits per heavy atom. The van der Waals surface area contributed by atoms with Crippen LogP contribution in [0.1, 0.15) is 30.9 Å². The van der Waals surface area contributed by atoms with Gasteiger partial charge in [0, 0.05) is 18.4 Å². The molecule has 0 amide bonds. The van der Waals surface area contributed by atoms with Gasteiger partial charge in [-0.05, 0) is 90.5 Å². The minimum Gasteiger partial charge on any atom is -0.399 e. The van der Waals surface area contributed by atoms with Crippen molar-refractivity contribution < 1.29 is 0 Å². The van der Waals surface area contributed by atoms with E-state index in [9.17, 15) is 0 Å². The van der Waals surface area contributed by atoms with Crippen LogP contribution in [-0.4, -0.2) is 12.8 Å². The topological polar surface area (TPSA) is 61.9 Å². The number of nitrogens with two attached hydrogens (primary N) is 1. The van der Waals surface area contributed by atoms with Crippen LogP contribution in [0, 0.1) is 12.3 Å². The zero-order valence-corrected chi connectivity index (χ0v) is 15.1. The van der Waals surface area contributed by atoms with Gasteiger partial charge < -0.3 is 16.5 Å². The molecule has 0 aliphatic heterocycles. The third-order valence-electron chi connectivity index (χ3n) is 4.79. The molecular weight excluding hydrogens is 306 g/mol. The van der Waals surface area contributed by atoms with E-state index in [4.69, 9.17) is 11.1 Å². The molecule has 2 aliphatic carbocycles. The first kappa shape index (κ1) is 17.0. The van der Waals surface area contributed by atoms with Crippen LogP contribution in [0.3, 0.4) is 0 Å². The van der Waals surface area contributed by atoms with Gasteiger partial charge in [-0.25, -0.2) is 0 Å². The molecule has 2 aliphatic rings. The fourth-order valence-electron chi connectivity index (χ4n) is 3.22. The van der Waals surface area contributed by atoms with Gasteiger partial charge in [-0.2, -0.15) is 0 Å². The third kappa shape index (κ3) is 3.50. The zero-order valence-electron chi connectivity index (χ0n) is 15.1. The highest BCUT2D eigenvalue weighted by atomic mass is 14.8. The van der Waals surface area contributed by atoms with Crippen molar-refractivity contribution in [2.24, 2.45) is 0 Å². The largest absolute Gasteiger partial charge is 0.399 e. The molecule has 0 spiro atoms. The molecule has 0 aromatic heterocycles. The Morgan fingerprint density at radius 2 is 1.96 bits per heavy atom. The van der Waals surface area contributed by atoms with Crippen LogP contribution in [0.5, 0.6) is 0 Å². The van der Waals surface area contributed by atoms with E-state index in [1.165, 1.54) is 16.8 Å². The van der Waals surface area contributed by atoms with Gasteiger partial charge in [-0.1, -0.05) is 18.2 Å². The highest BCUT2D eigenvalue weighted by Gasteiger charge is 2.16. The quantitative estimate of drug-likeness (QED) is 0.704. The van der Waals surface area contributed by atoms with Crippen molar-refractivity contribution in [3.8, 4) is 0 Å². The average molecular weight is 331 g/mol. The summed E-state index contributed by atoms with van der Waals surface area (Å²) in [6.45, 7) is 4.03. The first-order valence-corrected chi connectivity index (χ1v) is 8.64. The highest BCUT2D eigenvalue weighted by Crippen LogP contribution is 2.35. The maximum Gasteiger partial charge on any atom is 0.0569 e. The van der Waals surface area contributed by atoms with Crippen LogP contribution < -0.4 is 11.1 Å². The fourth-order valence-corrected chi connectivity index (χ4v) is 3.22. The Morgan fingerprint density at radius 1 is 1.16 bits per heavy atom. The molecule has 3 nitrogen and oxygen atoms in total. The predicted molar refractivity (Wildman–Crippen MR) is 108 cm³/mol. The summed E-state index contributed by atoms with van der Waals surface area (Å²) in [4.78, 5) is 0. The molecule has 0 saturated carbocycles. The molecule has 0 radical (unpaired) electrons. The average Bonchev–Trinajstić information content (AvgIpc) is 2.61.